The molecule has 0 aromatic heterocycles. The maximum Gasteiger partial charge on any atom is 0.321 e. The number of hydrogen-bond acceptors (Lipinski definition) is 2. The van der Waals surface area contributed by atoms with Crippen molar-refractivity contribution in [3.63, 3.8) is 0 Å². The third kappa shape index (κ3) is 3.12. The van der Waals surface area contributed by atoms with E-state index in [4.69, 9.17) is 0 Å². The van der Waals surface area contributed by atoms with Gasteiger partial charge in [-0.05, 0) is 34.7 Å². The second kappa shape index (κ2) is 6.03. The standard InChI is InChI=1S/C12H14IN3O2/c13-10-3-1-2-4-11(10)14-12(18)16-7-5-15(9-17)6-8-16/h1-4,9H,5-8H2,(H,14,18). The molecule has 0 spiro atoms. The van der Waals surface area contributed by atoms with E-state index in [0.29, 0.717) is 26.2 Å². The molecule has 1 aliphatic rings. The van der Waals surface area contributed by atoms with Gasteiger partial charge in [-0.1, -0.05) is 12.1 Å². The smallest absolute Gasteiger partial charge is 0.321 e. The lowest BCUT2D eigenvalue weighted by molar-refractivity contribution is -0.119. The van der Waals surface area contributed by atoms with Gasteiger partial charge in [0, 0.05) is 29.7 Å². The summed E-state index contributed by atoms with van der Waals surface area (Å²) in [5.41, 5.74) is 0.820. The number of urea groups is 1. The van der Waals surface area contributed by atoms with Crippen molar-refractivity contribution in [3.8, 4) is 0 Å². The summed E-state index contributed by atoms with van der Waals surface area (Å²) in [6, 6.07) is 7.54. The molecule has 1 aromatic rings. The molecule has 0 bridgehead atoms. The maximum atomic E-state index is 12.0. The Balaban J connectivity index is 1.93. The van der Waals surface area contributed by atoms with Gasteiger partial charge in [0.25, 0.3) is 0 Å². The van der Waals surface area contributed by atoms with E-state index < -0.39 is 0 Å². The average Bonchev–Trinajstić information content (AvgIpc) is 2.41. The molecule has 96 valence electrons. The van der Waals surface area contributed by atoms with E-state index in [1.54, 1.807) is 9.80 Å². The highest BCUT2D eigenvalue weighted by molar-refractivity contribution is 14.1. The topological polar surface area (TPSA) is 52.7 Å². The Morgan fingerprint density at radius 1 is 1.22 bits per heavy atom. The van der Waals surface area contributed by atoms with Gasteiger partial charge in [-0.15, -0.1) is 0 Å². The van der Waals surface area contributed by atoms with Gasteiger partial charge in [-0.3, -0.25) is 4.79 Å². The molecule has 6 heteroatoms. The molecule has 5 nitrogen and oxygen atoms in total. The summed E-state index contributed by atoms with van der Waals surface area (Å²) >= 11 is 2.19. The summed E-state index contributed by atoms with van der Waals surface area (Å²) in [7, 11) is 0. The van der Waals surface area contributed by atoms with Crippen molar-refractivity contribution in [2.75, 3.05) is 31.5 Å². The SMILES string of the molecule is O=CN1CCN(C(=O)Nc2ccccc2I)CC1. The van der Waals surface area contributed by atoms with E-state index in [-0.39, 0.29) is 6.03 Å². The fraction of sp³-hybridized carbons (Fsp3) is 0.333. The van der Waals surface area contributed by atoms with Crippen LogP contribution in [0.25, 0.3) is 0 Å². The van der Waals surface area contributed by atoms with Gasteiger partial charge in [0.05, 0.1) is 5.69 Å². The van der Waals surface area contributed by atoms with Gasteiger partial charge in [-0.25, -0.2) is 4.79 Å². The Kier molecular flexibility index (Phi) is 4.40. The number of carbonyl (C=O) groups is 2. The number of piperazine rings is 1. The predicted molar refractivity (Wildman–Crippen MR) is 77.4 cm³/mol. The molecule has 0 unspecified atom stereocenters. The minimum atomic E-state index is -0.107. The van der Waals surface area contributed by atoms with Crippen molar-refractivity contribution >= 4 is 40.7 Å². The predicted octanol–water partition coefficient (Wildman–Crippen LogP) is 1.60. The highest BCUT2D eigenvalue weighted by atomic mass is 127. The summed E-state index contributed by atoms with van der Waals surface area (Å²) in [5.74, 6) is 0. The van der Waals surface area contributed by atoms with E-state index in [2.05, 4.69) is 27.9 Å². The Bertz CT molecular complexity index is 445. The molecule has 1 fully saturated rings. The number of amides is 3. The molecule has 1 aliphatic heterocycles. The zero-order valence-corrected chi connectivity index (χ0v) is 12.0. The number of halogens is 1. The first-order valence-electron chi connectivity index (χ1n) is 5.70. The number of benzene rings is 1. The van der Waals surface area contributed by atoms with Gasteiger partial charge >= 0.3 is 6.03 Å². The van der Waals surface area contributed by atoms with Crippen molar-refractivity contribution in [2.45, 2.75) is 0 Å². The van der Waals surface area contributed by atoms with Gasteiger partial charge in [-0.2, -0.15) is 0 Å². The number of nitrogens with zero attached hydrogens (tertiary/aromatic N) is 2. The largest absolute Gasteiger partial charge is 0.342 e. The third-order valence-electron chi connectivity index (χ3n) is 2.87. The molecule has 1 N–H and O–H groups in total. The zero-order valence-electron chi connectivity index (χ0n) is 9.80. The van der Waals surface area contributed by atoms with Gasteiger partial charge in [0.1, 0.15) is 0 Å². The van der Waals surface area contributed by atoms with Gasteiger partial charge in [0.15, 0.2) is 0 Å². The maximum absolute atomic E-state index is 12.0. The van der Waals surface area contributed by atoms with Crippen LogP contribution in [0.2, 0.25) is 0 Å². The van der Waals surface area contributed by atoms with Crippen LogP contribution < -0.4 is 5.32 Å². The second-order valence-corrected chi connectivity index (χ2v) is 5.20. The molecule has 1 heterocycles. The van der Waals surface area contributed by atoms with Gasteiger partial charge < -0.3 is 15.1 Å². The quantitative estimate of drug-likeness (QED) is 0.644. The van der Waals surface area contributed by atoms with Crippen molar-refractivity contribution < 1.29 is 9.59 Å². The first-order valence-corrected chi connectivity index (χ1v) is 6.78. The summed E-state index contributed by atoms with van der Waals surface area (Å²) in [4.78, 5) is 26.0. The monoisotopic (exact) mass is 359 g/mol. The van der Waals surface area contributed by atoms with E-state index in [1.165, 1.54) is 0 Å². The Morgan fingerprint density at radius 3 is 2.50 bits per heavy atom. The number of rotatable bonds is 2. The van der Waals surface area contributed by atoms with Crippen molar-refractivity contribution in [3.05, 3.63) is 27.8 Å². The highest BCUT2D eigenvalue weighted by Crippen LogP contribution is 2.17. The number of para-hydroxylation sites is 1. The molecule has 0 saturated carbocycles. The summed E-state index contributed by atoms with van der Waals surface area (Å²) in [6.45, 7) is 2.35. The number of nitrogens with one attached hydrogen (secondary N) is 1. The van der Waals surface area contributed by atoms with E-state index in [9.17, 15) is 9.59 Å². The molecule has 2 rings (SSSR count). The highest BCUT2D eigenvalue weighted by Gasteiger charge is 2.20. The third-order valence-corrected chi connectivity index (χ3v) is 3.81. The Hall–Kier alpha value is -1.31. The molecule has 0 atom stereocenters. The number of carbonyl (C=O) groups excluding carboxylic acids is 2. The molecule has 18 heavy (non-hydrogen) atoms. The van der Waals surface area contributed by atoms with E-state index in [0.717, 1.165) is 15.7 Å². The lowest BCUT2D eigenvalue weighted by Crippen LogP contribution is -2.49. The lowest BCUT2D eigenvalue weighted by Gasteiger charge is -2.32. The van der Waals surface area contributed by atoms with Crippen molar-refractivity contribution in [2.24, 2.45) is 0 Å². The molecule has 0 aliphatic carbocycles. The Morgan fingerprint density at radius 2 is 1.89 bits per heavy atom. The Labute approximate surface area is 119 Å². The van der Waals surface area contributed by atoms with Crippen LogP contribution in [0.4, 0.5) is 10.5 Å². The van der Waals surface area contributed by atoms with Crippen molar-refractivity contribution in [1.82, 2.24) is 9.80 Å². The minimum Gasteiger partial charge on any atom is -0.342 e. The molecule has 1 aromatic carbocycles. The van der Waals surface area contributed by atoms with Crippen LogP contribution in [0, 0.1) is 3.57 Å². The molecule has 3 amide bonds. The normalized spacial score (nSPS) is 15.4. The van der Waals surface area contributed by atoms with Crippen LogP contribution in [-0.2, 0) is 4.79 Å². The van der Waals surface area contributed by atoms with Crippen LogP contribution in [0.3, 0.4) is 0 Å². The van der Waals surface area contributed by atoms with Gasteiger partial charge in [0.2, 0.25) is 6.41 Å². The van der Waals surface area contributed by atoms with Crippen LogP contribution in [-0.4, -0.2) is 48.4 Å². The first-order chi connectivity index (χ1) is 8.70. The molecular weight excluding hydrogens is 345 g/mol. The number of anilines is 1. The first kappa shape index (κ1) is 13.1. The summed E-state index contributed by atoms with van der Waals surface area (Å²) in [5, 5.41) is 2.89. The molecular formula is C12H14IN3O2. The number of hydrogen-bond donors (Lipinski definition) is 1. The summed E-state index contributed by atoms with van der Waals surface area (Å²) < 4.78 is 1.01. The van der Waals surface area contributed by atoms with Crippen LogP contribution in [0.15, 0.2) is 24.3 Å². The fourth-order valence-electron chi connectivity index (χ4n) is 1.79. The van der Waals surface area contributed by atoms with E-state index >= 15 is 0 Å². The average molecular weight is 359 g/mol. The lowest BCUT2D eigenvalue weighted by atomic mass is 10.3. The second-order valence-electron chi connectivity index (χ2n) is 4.04. The van der Waals surface area contributed by atoms with Crippen LogP contribution in [0.5, 0.6) is 0 Å². The van der Waals surface area contributed by atoms with Crippen LogP contribution in [0.1, 0.15) is 0 Å². The van der Waals surface area contributed by atoms with E-state index in [1.807, 2.05) is 24.3 Å². The minimum absolute atomic E-state index is 0.107. The van der Waals surface area contributed by atoms with Crippen molar-refractivity contribution in [1.29, 1.82) is 0 Å². The summed E-state index contributed by atoms with van der Waals surface area (Å²) in [6.07, 6.45) is 0.829. The fourth-order valence-corrected chi connectivity index (χ4v) is 2.31. The zero-order chi connectivity index (χ0) is 13.0. The molecule has 1 saturated heterocycles. The molecule has 0 radical (unpaired) electrons. The van der Waals surface area contributed by atoms with Crippen LogP contribution >= 0.6 is 22.6 Å².